The molecule has 0 N–H and O–H groups in total. The monoisotopic (exact) mass is 362 g/mol. The zero-order valence-electron chi connectivity index (χ0n) is 14.6. The van der Waals surface area contributed by atoms with Gasteiger partial charge in [0.2, 0.25) is 17.7 Å². The van der Waals surface area contributed by atoms with Gasteiger partial charge in [-0.1, -0.05) is 36.6 Å². The zero-order valence-corrected chi connectivity index (χ0v) is 15.3. The first-order valence-electron chi connectivity index (χ1n) is 8.76. The SMILES string of the molecule is CC(c1cccc(Cl)c1)N(C)C(=O)CN1C(=O)C2CCCCC2C1=O. The van der Waals surface area contributed by atoms with Crippen LogP contribution < -0.4 is 0 Å². The maximum Gasteiger partial charge on any atom is 0.242 e. The van der Waals surface area contributed by atoms with Gasteiger partial charge in [-0.2, -0.15) is 0 Å². The minimum absolute atomic E-state index is 0.174. The van der Waals surface area contributed by atoms with Gasteiger partial charge < -0.3 is 4.90 Å². The van der Waals surface area contributed by atoms with Gasteiger partial charge in [-0.05, 0) is 37.5 Å². The molecule has 0 aromatic heterocycles. The molecule has 1 saturated carbocycles. The lowest BCUT2D eigenvalue weighted by Gasteiger charge is -2.27. The Labute approximate surface area is 152 Å². The van der Waals surface area contributed by atoms with Crippen molar-refractivity contribution in [1.29, 1.82) is 0 Å². The fraction of sp³-hybridized carbons (Fsp3) is 0.526. The van der Waals surface area contributed by atoms with Crippen molar-refractivity contribution in [1.82, 2.24) is 9.80 Å². The quantitative estimate of drug-likeness (QED) is 0.773. The van der Waals surface area contributed by atoms with E-state index in [2.05, 4.69) is 0 Å². The summed E-state index contributed by atoms with van der Waals surface area (Å²) in [5.41, 5.74) is 0.913. The molecule has 1 aliphatic heterocycles. The average Bonchev–Trinajstić information content (AvgIpc) is 2.85. The number of halogens is 1. The number of fused-ring (bicyclic) bond motifs is 1. The molecule has 1 aliphatic carbocycles. The van der Waals surface area contributed by atoms with E-state index in [1.54, 1.807) is 18.0 Å². The third-order valence-corrected chi connectivity index (χ3v) is 5.77. The highest BCUT2D eigenvalue weighted by Crippen LogP contribution is 2.38. The molecule has 1 aromatic rings. The molecule has 2 fully saturated rings. The van der Waals surface area contributed by atoms with Crippen LogP contribution in [0.4, 0.5) is 0 Å². The van der Waals surface area contributed by atoms with Crippen molar-refractivity contribution in [3.63, 3.8) is 0 Å². The number of rotatable bonds is 4. The van der Waals surface area contributed by atoms with E-state index >= 15 is 0 Å². The van der Waals surface area contributed by atoms with Crippen LogP contribution in [0.1, 0.15) is 44.2 Å². The Balaban J connectivity index is 1.69. The maximum absolute atomic E-state index is 12.6. The highest BCUT2D eigenvalue weighted by molar-refractivity contribution is 6.30. The van der Waals surface area contributed by atoms with Crippen LogP contribution in [-0.2, 0) is 14.4 Å². The summed E-state index contributed by atoms with van der Waals surface area (Å²) in [4.78, 5) is 40.4. The molecule has 5 nitrogen and oxygen atoms in total. The van der Waals surface area contributed by atoms with Gasteiger partial charge in [0.1, 0.15) is 6.54 Å². The summed E-state index contributed by atoms with van der Waals surface area (Å²) in [6, 6.07) is 7.15. The Morgan fingerprint density at radius 3 is 2.40 bits per heavy atom. The van der Waals surface area contributed by atoms with Crippen molar-refractivity contribution in [2.24, 2.45) is 11.8 Å². The van der Waals surface area contributed by atoms with Crippen LogP contribution in [0.3, 0.4) is 0 Å². The van der Waals surface area contributed by atoms with E-state index in [1.165, 1.54) is 4.90 Å². The molecule has 1 heterocycles. The van der Waals surface area contributed by atoms with Crippen molar-refractivity contribution < 1.29 is 14.4 Å². The Hall–Kier alpha value is -1.88. The number of imide groups is 1. The third kappa shape index (κ3) is 3.43. The zero-order chi connectivity index (χ0) is 18.1. The third-order valence-electron chi connectivity index (χ3n) is 5.53. The summed E-state index contributed by atoms with van der Waals surface area (Å²) in [5, 5.41) is 0.610. The van der Waals surface area contributed by atoms with Gasteiger partial charge in [-0.25, -0.2) is 0 Å². The van der Waals surface area contributed by atoms with Gasteiger partial charge in [0.25, 0.3) is 0 Å². The second-order valence-electron chi connectivity index (χ2n) is 7.00. The molecule has 3 atom stereocenters. The summed E-state index contributed by atoms with van der Waals surface area (Å²) >= 11 is 6.02. The summed E-state index contributed by atoms with van der Waals surface area (Å²) in [6.45, 7) is 1.73. The van der Waals surface area contributed by atoms with Crippen molar-refractivity contribution >= 4 is 29.3 Å². The van der Waals surface area contributed by atoms with E-state index in [0.717, 1.165) is 31.2 Å². The molecule has 25 heavy (non-hydrogen) atoms. The fourth-order valence-corrected chi connectivity index (χ4v) is 4.04. The molecule has 0 radical (unpaired) electrons. The van der Waals surface area contributed by atoms with Gasteiger partial charge in [-0.15, -0.1) is 0 Å². The molecular weight excluding hydrogens is 340 g/mol. The number of benzene rings is 1. The van der Waals surface area contributed by atoms with Crippen molar-refractivity contribution in [2.75, 3.05) is 13.6 Å². The minimum atomic E-state index is -0.243. The Morgan fingerprint density at radius 1 is 1.24 bits per heavy atom. The Bertz CT molecular complexity index is 682. The Morgan fingerprint density at radius 2 is 1.84 bits per heavy atom. The highest BCUT2D eigenvalue weighted by atomic mass is 35.5. The Kier molecular flexibility index (Phi) is 5.13. The predicted molar refractivity (Wildman–Crippen MR) is 94.8 cm³/mol. The number of amides is 3. The molecule has 1 saturated heterocycles. The molecule has 0 spiro atoms. The van der Waals surface area contributed by atoms with Gasteiger partial charge in [-0.3, -0.25) is 19.3 Å². The van der Waals surface area contributed by atoms with E-state index in [9.17, 15) is 14.4 Å². The molecule has 3 unspecified atom stereocenters. The molecule has 2 aliphatic rings. The lowest BCUT2D eigenvalue weighted by Crippen LogP contribution is -2.42. The highest BCUT2D eigenvalue weighted by Gasteiger charge is 2.48. The first-order valence-corrected chi connectivity index (χ1v) is 9.14. The van der Waals surface area contributed by atoms with Gasteiger partial charge in [0, 0.05) is 12.1 Å². The number of nitrogens with zero attached hydrogens (tertiary/aromatic N) is 2. The van der Waals surface area contributed by atoms with Gasteiger partial charge >= 0.3 is 0 Å². The topological polar surface area (TPSA) is 57.7 Å². The number of hydrogen-bond donors (Lipinski definition) is 0. The van der Waals surface area contributed by atoms with E-state index in [1.807, 2.05) is 25.1 Å². The van der Waals surface area contributed by atoms with Crippen LogP contribution in [0.25, 0.3) is 0 Å². The molecule has 134 valence electrons. The van der Waals surface area contributed by atoms with E-state index < -0.39 is 0 Å². The van der Waals surface area contributed by atoms with Crippen LogP contribution in [0, 0.1) is 11.8 Å². The van der Waals surface area contributed by atoms with Crippen LogP contribution in [0.2, 0.25) is 5.02 Å². The van der Waals surface area contributed by atoms with Crippen molar-refractivity contribution in [2.45, 2.75) is 38.6 Å². The molecule has 0 bridgehead atoms. The first kappa shape index (κ1) is 17.9. The first-order chi connectivity index (χ1) is 11.9. The number of likely N-dealkylation sites (tertiary alicyclic amines) is 1. The largest absolute Gasteiger partial charge is 0.337 e. The van der Waals surface area contributed by atoms with E-state index in [4.69, 9.17) is 11.6 Å². The molecule has 3 amide bonds. The van der Waals surface area contributed by atoms with E-state index in [0.29, 0.717) is 5.02 Å². The van der Waals surface area contributed by atoms with Crippen molar-refractivity contribution in [3.05, 3.63) is 34.9 Å². The minimum Gasteiger partial charge on any atom is -0.337 e. The summed E-state index contributed by atoms with van der Waals surface area (Å²) < 4.78 is 0. The smallest absolute Gasteiger partial charge is 0.242 e. The summed E-state index contributed by atoms with van der Waals surface area (Å²) in [6.07, 6.45) is 3.48. The molecular formula is C19H23ClN2O3. The van der Waals surface area contributed by atoms with Crippen LogP contribution in [-0.4, -0.2) is 41.1 Å². The maximum atomic E-state index is 12.6. The van der Waals surface area contributed by atoms with Crippen molar-refractivity contribution in [3.8, 4) is 0 Å². The van der Waals surface area contributed by atoms with Gasteiger partial charge in [0.05, 0.1) is 17.9 Å². The lowest BCUT2D eigenvalue weighted by atomic mass is 9.81. The number of carbonyl (C=O) groups is 3. The fourth-order valence-electron chi connectivity index (χ4n) is 3.84. The number of likely N-dealkylation sites (N-methyl/N-ethyl adjacent to an activating group) is 1. The predicted octanol–water partition coefficient (Wildman–Crippen LogP) is 3.03. The second-order valence-corrected chi connectivity index (χ2v) is 7.43. The molecule has 6 heteroatoms. The second kappa shape index (κ2) is 7.16. The number of hydrogen-bond acceptors (Lipinski definition) is 3. The summed E-state index contributed by atoms with van der Waals surface area (Å²) in [5.74, 6) is -1.03. The summed E-state index contributed by atoms with van der Waals surface area (Å²) in [7, 11) is 1.69. The standard InChI is InChI=1S/C19H23ClN2O3/c1-12(13-6-5-7-14(20)10-13)21(2)17(23)11-22-18(24)15-8-3-4-9-16(15)19(22)25/h5-7,10,12,15-16H,3-4,8-9,11H2,1-2H3. The van der Waals surface area contributed by atoms with Crippen LogP contribution in [0.15, 0.2) is 24.3 Å². The van der Waals surface area contributed by atoms with Gasteiger partial charge in [0.15, 0.2) is 0 Å². The van der Waals surface area contributed by atoms with E-state index in [-0.39, 0.29) is 42.1 Å². The normalized spacial score (nSPS) is 24.2. The average molecular weight is 363 g/mol. The lowest BCUT2D eigenvalue weighted by molar-refractivity contribution is -0.146. The molecule has 1 aromatic carbocycles. The van der Waals surface area contributed by atoms with Crippen LogP contribution >= 0.6 is 11.6 Å². The molecule has 3 rings (SSSR count). The number of carbonyl (C=O) groups excluding carboxylic acids is 3. The van der Waals surface area contributed by atoms with Crippen LogP contribution in [0.5, 0.6) is 0 Å².